The fraction of sp³-hybridized carbons (Fsp3) is 0.562. The Bertz CT molecular complexity index is 589. The van der Waals surface area contributed by atoms with E-state index in [-0.39, 0.29) is 17.3 Å². The van der Waals surface area contributed by atoms with Gasteiger partial charge in [-0.3, -0.25) is 10.1 Å². The van der Waals surface area contributed by atoms with Crippen LogP contribution in [0.25, 0.3) is 0 Å². The summed E-state index contributed by atoms with van der Waals surface area (Å²) < 4.78 is 5.26. The van der Waals surface area contributed by atoms with Crippen LogP contribution in [0.4, 0.5) is 11.4 Å². The first-order valence-corrected chi connectivity index (χ1v) is 7.75. The highest BCUT2D eigenvalue weighted by Gasteiger charge is 2.23. The zero-order valence-electron chi connectivity index (χ0n) is 13.7. The number of esters is 1. The largest absolute Gasteiger partial charge is 0.456 e. The number of nitro benzene ring substituents is 1. The molecular weight excluding hydrogens is 298 g/mol. The number of anilines is 1. The number of benzene rings is 1. The van der Waals surface area contributed by atoms with Gasteiger partial charge in [-0.1, -0.05) is 0 Å². The van der Waals surface area contributed by atoms with Crippen molar-refractivity contribution in [3.05, 3.63) is 33.9 Å². The van der Waals surface area contributed by atoms with Crippen molar-refractivity contribution in [2.75, 3.05) is 18.4 Å². The number of carbonyl (C=O) groups is 1. The van der Waals surface area contributed by atoms with E-state index in [9.17, 15) is 14.9 Å². The van der Waals surface area contributed by atoms with Crippen LogP contribution in [0.5, 0.6) is 0 Å². The van der Waals surface area contributed by atoms with Gasteiger partial charge in [-0.15, -0.1) is 0 Å². The predicted molar refractivity (Wildman–Crippen MR) is 87.8 cm³/mol. The maximum absolute atomic E-state index is 12.1. The smallest absolute Gasteiger partial charge is 0.338 e. The van der Waals surface area contributed by atoms with E-state index in [0.29, 0.717) is 5.69 Å². The lowest BCUT2D eigenvalue weighted by Gasteiger charge is -2.24. The SMILES string of the molecule is CC(C)(C)OC(=O)c1ccc(NC2CCNCC2)c([N+](=O)[O-])c1. The highest BCUT2D eigenvalue weighted by molar-refractivity contribution is 5.91. The van der Waals surface area contributed by atoms with Gasteiger partial charge in [0.05, 0.1) is 10.5 Å². The maximum Gasteiger partial charge on any atom is 0.338 e. The molecule has 0 atom stereocenters. The molecule has 1 aliphatic heterocycles. The van der Waals surface area contributed by atoms with Crippen molar-refractivity contribution in [1.82, 2.24) is 5.32 Å². The van der Waals surface area contributed by atoms with Gasteiger partial charge in [0.15, 0.2) is 0 Å². The third-order valence-corrected chi connectivity index (χ3v) is 3.53. The number of nitro groups is 1. The topological polar surface area (TPSA) is 93.5 Å². The normalized spacial score (nSPS) is 16.0. The number of nitrogens with zero attached hydrogens (tertiary/aromatic N) is 1. The number of carbonyl (C=O) groups excluding carboxylic acids is 1. The second-order valence-electron chi connectivity index (χ2n) is 6.66. The molecule has 1 aromatic rings. The lowest BCUT2D eigenvalue weighted by atomic mass is 10.1. The molecule has 0 bridgehead atoms. The van der Waals surface area contributed by atoms with E-state index in [1.807, 2.05) is 0 Å². The first-order chi connectivity index (χ1) is 10.8. The highest BCUT2D eigenvalue weighted by atomic mass is 16.6. The maximum atomic E-state index is 12.1. The fourth-order valence-corrected chi connectivity index (χ4v) is 2.45. The summed E-state index contributed by atoms with van der Waals surface area (Å²) in [5.74, 6) is -0.561. The minimum absolute atomic E-state index is 0.105. The first kappa shape index (κ1) is 17.2. The van der Waals surface area contributed by atoms with Crippen LogP contribution in [0.1, 0.15) is 44.0 Å². The molecule has 0 aromatic heterocycles. The van der Waals surface area contributed by atoms with Crippen LogP contribution < -0.4 is 10.6 Å². The Hall–Kier alpha value is -2.15. The van der Waals surface area contributed by atoms with Gasteiger partial charge < -0.3 is 15.4 Å². The van der Waals surface area contributed by atoms with Crippen LogP contribution in [0.3, 0.4) is 0 Å². The molecule has 1 saturated heterocycles. The van der Waals surface area contributed by atoms with E-state index in [1.165, 1.54) is 6.07 Å². The summed E-state index contributed by atoms with van der Waals surface area (Å²) >= 11 is 0. The van der Waals surface area contributed by atoms with Gasteiger partial charge in [0, 0.05) is 12.1 Å². The van der Waals surface area contributed by atoms with Crippen molar-refractivity contribution in [3.8, 4) is 0 Å². The predicted octanol–water partition coefficient (Wildman–Crippen LogP) is 2.71. The summed E-state index contributed by atoms with van der Waals surface area (Å²) in [5, 5.41) is 17.8. The van der Waals surface area contributed by atoms with Gasteiger partial charge in [-0.25, -0.2) is 4.79 Å². The second-order valence-corrected chi connectivity index (χ2v) is 6.66. The zero-order chi connectivity index (χ0) is 17.0. The average molecular weight is 321 g/mol. The Kier molecular flexibility index (Phi) is 5.20. The van der Waals surface area contributed by atoms with Gasteiger partial charge in [0.25, 0.3) is 5.69 Å². The molecule has 0 unspecified atom stereocenters. The molecule has 7 nitrogen and oxygen atoms in total. The molecule has 0 radical (unpaired) electrons. The van der Waals surface area contributed by atoms with Crippen molar-refractivity contribution >= 4 is 17.3 Å². The van der Waals surface area contributed by atoms with Crippen molar-refractivity contribution in [1.29, 1.82) is 0 Å². The fourth-order valence-electron chi connectivity index (χ4n) is 2.45. The van der Waals surface area contributed by atoms with Crippen LogP contribution in [-0.2, 0) is 4.74 Å². The van der Waals surface area contributed by atoms with Crippen molar-refractivity contribution in [2.24, 2.45) is 0 Å². The molecule has 0 aliphatic carbocycles. The lowest BCUT2D eigenvalue weighted by Crippen LogP contribution is -2.35. The number of hydrogen-bond acceptors (Lipinski definition) is 6. The summed E-state index contributed by atoms with van der Waals surface area (Å²) in [7, 11) is 0. The van der Waals surface area contributed by atoms with E-state index in [2.05, 4.69) is 10.6 Å². The molecular formula is C16H23N3O4. The van der Waals surface area contributed by atoms with E-state index in [0.717, 1.165) is 25.9 Å². The number of nitrogens with one attached hydrogen (secondary N) is 2. The van der Waals surface area contributed by atoms with Crippen molar-refractivity contribution < 1.29 is 14.5 Å². The van der Waals surface area contributed by atoms with E-state index in [4.69, 9.17) is 4.74 Å². The second kappa shape index (κ2) is 6.95. The highest BCUT2D eigenvalue weighted by Crippen LogP contribution is 2.28. The number of rotatable bonds is 4. The van der Waals surface area contributed by atoms with Crippen molar-refractivity contribution in [2.45, 2.75) is 45.3 Å². The minimum Gasteiger partial charge on any atom is -0.456 e. The Labute approximate surface area is 135 Å². The standard InChI is InChI=1S/C16H23N3O4/c1-16(2,3)23-15(20)11-4-5-13(14(10-11)19(21)22)18-12-6-8-17-9-7-12/h4-5,10,12,17-18H,6-9H2,1-3H3. The van der Waals surface area contributed by atoms with E-state index in [1.54, 1.807) is 32.9 Å². The molecule has 2 N–H and O–H groups in total. The molecule has 1 fully saturated rings. The van der Waals surface area contributed by atoms with Crippen LogP contribution >= 0.6 is 0 Å². The quantitative estimate of drug-likeness (QED) is 0.503. The van der Waals surface area contributed by atoms with Crippen LogP contribution in [0.15, 0.2) is 18.2 Å². The van der Waals surface area contributed by atoms with Gasteiger partial charge in [-0.2, -0.15) is 0 Å². The molecule has 0 spiro atoms. The molecule has 7 heteroatoms. The first-order valence-electron chi connectivity index (χ1n) is 7.75. The van der Waals surface area contributed by atoms with Crippen molar-refractivity contribution in [3.63, 3.8) is 0 Å². The lowest BCUT2D eigenvalue weighted by molar-refractivity contribution is -0.384. The Morgan fingerprint density at radius 3 is 2.57 bits per heavy atom. The molecule has 23 heavy (non-hydrogen) atoms. The van der Waals surface area contributed by atoms with Crippen LogP contribution in [0.2, 0.25) is 0 Å². The Morgan fingerprint density at radius 2 is 2.00 bits per heavy atom. The van der Waals surface area contributed by atoms with Crippen LogP contribution in [-0.4, -0.2) is 35.6 Å². The van der Waals surface area contributed by atoms with Crippen LogP contribution in [0, 0.1) is 10.1 Å². The monoisotopic (exact) mass is 321 g/mol. The summed E-state index contributed by atoms with van der Waals surface area (Å²) in [6, 6.07) is 4.61. The molecule has 1 heterocycles. The summed E-state index contributed by atoms with van der Waals surface area (Å²) in [4.78, 5) is 22.9. The van der Waals surface area contributed by atoms with E-state index >= 15 is 0 Å². The third kappa shape index (κ3) is 4.92. The average Bonchev–Trinajstić information content (AvgIpc) is 2.46. The Morgan fingerprint density at radius 1 is 1.35 bits per heavy atom. The minimum atomic E-state index is -0.641. The Balaban J connectivity index is 2.20. The van der Waals surface area contributed by atoms with Gasteiger partial charge >= 0.3 is 5.97 Å². The third-order valence-electron chi connectivity index (χ3n) is 3.53. The van der Waals surface area contributed by atoms with Gasteiger partial charge in [-0.05, 0) is 58.8 Å². The molecule has 126 valence electrons. The number of hydrogen-bond donors (Lipinski definition) is 2. The molecule has 2 rings (SSSR count). The summed E-state index contributed by atoms with van der Waals surface area (Å²) in [6.07, 6.45) is 1.82. The molecule has 0 saturated carbocycles. The van der Waals surface area contributed by atoms with Gasteiger partial charge in [0.2, 0.25) is 0 Å². The number of ether oxygens (including phenoxy) is 1. The molecule has 1 aromatic carbocycles. The zero-order valence-corrected chi connectivity index (χ0v) is 13.7. The van der Waals surface area contributed by atoms with E-state index < -0.39 is 16.5 Å². The van der Waals surface area contributed by atoms with Gasteiger partial charge in [0.1, 0.15) is 11.3 Å². The summed E-state index contributed by atoms with van der Waals surface area (Å²) in [6.45, 7) is 7.05. The molecule has 0 amide bonds. The molecule has 1 aliphatic rings. The summed E-state index contributed by atoms with van der Waals surface area (Å²) in [5.41, 5.74) is -0.124. The number of piperidine rings is 1.